The summed E-state index contributed by atoms with van der Waals surface area (Å²) in [6, 6.07) is 6.10. The lowest BCUT2D eigenvalue weighted by atomic mass is 9.78. The van der Waals surface area contributed by atoms with E-state index in [-0.39, 0.29) is 29.0 Å². The van der Waals surface area contributed by atoms with Gasteiger partial charge in [-0.05, 0) is 80.0 Å². The minimum absolute atomic E-state index is 0.122. The van der Waals surface area contributed by atoms with Crippen LogP contribution in [0.5, 0.6) is 5.75 Å². The molecule has 2 aromatic carbocycles. The van der Waals surface area contributed by atoms with E-state index in [9.17, 15) is 8.78 Å². The Labute approximate surface area is 181 Å². The highest BCUT2D eigenvalue weighted by molar-refractivity contribution is 5.76. The molecule has 5 heteroatoms. The molecular weight excluding hydrogens is 404 g/mol. The number of hydrogen-bond acceptors (Lipinski definition) is 1. The molecule has 1 fully saturated rings. The number of ether oxygens (including phenoxy) is 1. The van der Waals surface area contributed by atoms with Crippen molar-refractivity contribution in [3.8, 4) is 16.9 Å². The van der Waals surface area contributed by atoms with Crippen molar-refractivity contribution in [3.05, 3.63) is 65.2 Å². The molecule has 4 rings (SSSR count). The van der Waals surface area contributed by atoms with Gasteiger partial charge in [-0.15, -0.1) is 6.58 Å². The van der Waals surface area contributed by atoms with Crippen LogP contribution in [0.15, 0.2) is 36.9 Å². The standard InChI is InChI=1S/C26H28F4O/c1-3-15-5-7-16(8-6-15)9-10-17-11-12-18-19-13-14-20(31-4-2)24(28)22(19)26(30)25(29)21(18)23(17)27/h3,11-16,25-26H,1,4-10H2,2H3. The van der Waals surface area contributed by atoms with Gasteiger partial charge in [-0.2, -0.15) is 0 Å². The summed E-state index contributed by atoms with van der Waals surface area (Å²) in [5.74, 6) is -0.669. The molecule has 31 heavy (non-hydrogen) atoms. The number of halogens is 4. The van der Waals surface area contributed by atoms with Crippen molar-refractivity contribution in [1.29, 1.82) is 0 Å². The van der Waals surface area contributed by atoms with Crippen molar-refractivity contribution in [2.24, 2.45) is 11.8 Å². The first-order chi connectivity index (χ1) is 15.0. The Hall–Kier alpha value is -2.30. The topological polar surface area (TPSA) is 9.23 Å². The molecule has 0 amide bonds. The van der Waals surface area contributed by atoms with Crippen LogP contribution in [0.3, 0.4) is 0 Å². The maximum absolute atomic E-state index is 15.3. The van der Waals surface area contributed by atoms with Gasteiger partial charge < -0.3 is 4.74 Å². The minimum atomic E-state index is -2.28. The van der Waals surface area contributed by atoms with E-state index in [1.807, 2.05) is 6.08 Å². The highest BCUT2D eigenvalue weighted by Gasteiger charge is 2.40. The largest absolute Gasteiger partial charge is 0.491 e. The summed E-state index contributed by atoms with van der Waals surface area (Å²) in [4.78, 5) is 0. The second-order valence-corrected chi connectivity index (χ2v) is 8.63. The fourth-order valence-electron chi connectivity index (χ4n) is 5.04. The van der Waals surface area contributed by atoms with Crippen LogP contribution in [-0.4, -0.2) is 6.61 Å². The van der Waals surface area contributed by atoms with Gasteiger partial charge in [-0.25, -0.2) is 17.6 Å². The van der Waals surface area contributed by atoms with Crippen molar-refractivity contribution >= 4 is 0 Å². The fourth-order valence-corrected chi connectivity index (χ4v) is 5.04. The van der Waals surface area contributed by atoms with Gasteiger partial charge in [0.25, 0.3) is 0 Å². The number of fused-ring (bicyclic) bond motifs is 3. The smallest absolute Gasteiger partial charge is 0.171 e. The van der Waals surface area contributed by atoms with E-state index >= 15 is 8.78 Å². The van der Waals surface area contributed by atoms with Gasteiger partial charge in [0.1, 0.15) is 5.82 Å². The Morgan fingerprint density at radius 3 is 2.16 bits per heavy atom. The third-order valence-corrected chi connectivity index (χ3v) is 6.85. The van der Waals surface area contributed by atoms with E-state index in [1.54, 1.807) is 19.1 Å². The Morgan fingerprint density at radius 1 is 0.935 bits per heavy atom. The van der Waals surface area contributed by atoms with Crippen LogP contribution >= 0.6 is 0 Å². The molecule has 2 aromatic rings. The Bertz CT molecular complexity index is 962. The highest BCUT2D eigenvalue weighted by atomic mass is 19.2. The molecule has 0 heterocycles. The lowest BCUT2D eigenvalue weighted by Crippen LogP contribution is -2.17. The van der Waals surface area contributed by atoms with Gasteiger partial charge in [0.05, 0.1) is 6.61 Å². The summed E-state index contributed by atoms with van der Waals surface area (Å²) in [5, 5.41) is 0. The average molecular weight is 433 g/mol. The summed E-state index contributed by atoms with van der Waals surface area (Å²) in [7, 11) is 0. The number of benzene rings is 2. The van der Waals surface area contributed by atoms with Crippen molar-refractivity contribution < 1.29 is 22.3 Å². The van der Waals surface area contributed by atoms with E-state index in [0.29, 0.717) is 23.8 Å². The zero-order valence-corrected chi connectivity index (χ0v) is 17.8. The maximum Gasteiger partial charge on any atom is 0.171 e. The molecule has 0 spiro atoms. The molecule has 0 aliphatic heterocycles. The lowest BCUT2D eigenvalue weighted by molar-refractivity contribution is 0.159. The summed E-state index contributed by atoms with van der Waals surface area (Å²) >= 11 is 0. The number of hydrogen-bond donors (Lipinski definition) is 0. The SMILES string of the molecule is C=CC1CCC(CCc2ccc3c(c2F)C(F)C(F)c2c-3ccc(OCC)c2F)CC1. The summed E-state index contributed by atoms with van der Waals surface area (Å²) in [6.45, 7) is 5.74. The molecule has 2 atom stereocenters. The van der Waals surface area contributed by atoms with E-state index in [1.165, 1.54) is 12.1 Å². The first kappa shape index (κ1) is 21.9. The Balaban J connectivity index is 1.61. The van der Waals surface area contributed by atoms with Crippen molar-refractivity contribution in [2.45, 2.75) is 57.8 Å². The number of aryl methyl sites for hydroxylation is 1. The molecule has 2 aliphatic carbocycles. The summed E-state index contributed by atoms with van der Waals surface area (Å²) in [6.07, 6.45) is 3.14. The molecule has 2 aliphatic rings. The van der Waals surface area contributed by atoms with Gasteiger partial charge in [0.15, 0.2) is 23.9 Å². The molecule has 1 nitrogen and oxygen atoms in total. The van der Waals surface area contributed by atoms with Crippen LogP contribution < -0.4 is 4.74 Å². The first-order valence-corrected chi connectivity index (χ1v) is 11.1. The maximum atomic E-state index is 15.3. The quantitative estimate of drug-likeness (QED) is 0.332. The molecule has 0 aromatic heterocycles. The van der Waals surface area contributed by atoms with E-state index in [0.717, 1.165) is 32.1 Å². The third kappa shape index (κ3) is 3.99. The fraction of sp³-hybridized carbons (Fsp3) is 0.462. The van der Waals surface area contributed by atoms with Gasteiger partial charge in [0, 0.05) is 11.1 Å². The van der Waals surface area contributed by atoms with Crippen LogP contribution in [0.2, 0.25) is 0 Å². The minimum Gasteiger partial charge on any atom is -0.491 e. The Kier molecular flexibility index (Phi) is 6.40. The van der Waals surface area contributed by atoms with Gasteiger partial charge in [0.2, 0.25) is 0 Å². The van der Waals surface area contributed by atoms with Crippen molar-refractivity contribution in [1.82, 2.24) is 0 Å². The number of rotatable bonds is 6. The zero-order valence-electron chi connectivity index (χ0n) is 17.8. The second-order valence-electron chi connectivity index (χ2n) is 8.63. The van der Waals surface area contributed by atoms with Gasteiger partial charge in [-0.3, -0.25) is 0 Å². The summed E-state index contributed by atoms with van der Waals surface area (Å²) in [5.41, 5.74) is 0.111. The molecule has 166 valence electrons. The van der Waals surface area contributed by atoms with E-state index in [4.69, 9.17) is 4.74 Å². The van der Waals surface area contributed by atoms with Crippen LogP contribution in [0.25, 0.3) is 11.1 Å². The molecular formula is C26H28F4O. The first-order valence-electron chi connectivity index (χ1n) is 11.1. The normalized spacial score (nSPS) is 24.9. The van der Waals surface area contributed by atoms with Crippen molar-refractivity contribution in [3.63, 3.8) is 0 Å². The Morgan fingerprint density at radius 2 is 1.55 bits per heavy atom. The van der Waals surface area contributed by atoms with Crippen LogP contribution in [-0.2, 0) is 6.42 Å². The van der Waals surface area contributed by atoms with Crippen LogP contribution in [0.4, 0.5) is 17.6 Å². The lowest BCUT2D eigenvalue weighted by Gasteiger charge is -2.29. The predicted octanol–water partition coefficient (Wildman–Crippen LogP) is 7.99. The highest BCUT2D eigenvalue weighted by Crippen LogP contribution is 2.51. The third-order valence-electron chi connectivity index (χ3n) is 6.85. The van der Waals surface area contributed by atoms with Crippen LogP contribution in [0.1, 0.15) is 68.1 Å². The number of allylic oxidation sites excluding steroid dienone is 1. The molecule has 0 radical (unpaired) electrons. The molecule has 0 bridgehead atoms. The average Bonchev–Trinajstić information content (AvgIpc) is 2.78. The molecule has 2 unspecified atom stereocenters. The molecule has 0 N–H and O–H groups in total. The number of alkyl halides is 2. The van der Waals surface area contributed by atoms with Gasteiger partial charge >= 0.3 is 0 Å². The monoisotopic (exact) mass is 432 g/mol. The van der Waals surface area contributed by atoms with Gasteiger partial charge in [-0.1, -0.05) is 24.3 Å². The second kappa shape index (κ2) is 9.05. The van der Waals surface area contributed by atoms with Crippen LogP contribution in [0, 0.1) is 23.5 Å². The zero-order chi connectivity index (χ0) is 22.1. The van der Waals surface area contributed by atoms with E-state index < -0.39 is 29.5 Å². The molecule has 1 saturated carbocycles. The summed E-state index contributed by atoms with van der Waals surface area (Å²) < 4.78 is 65.2. The van der Waals surface area contributed by atoms with E-state index in [2.05, 4.69) is 6.58 Å². The molecule has 0 saturated heterocycles. The predicted molar refractivity (Wildman–Crippen MR) is 115 cm³/mol. The van der Waals surface area contributed by atoms with Crippen molar-refractivity contribution in [2.75, 3.05) is 6.61 Å².